The van der Waals surface area contributed by atoms with Gasteiger partial charge in [-0.2, -0.15) is 0 Å². The quantitative estimate of drug-likeness (QED) is 0.551. The molecule has 0 saturated carbocycles. The second kappa shape index (κ2) is 7.49. The van der Waals surface area contributed by atoms with E-state index < -0.39 is 0 Å². The van der Waals surface area contributed by atoms with E-state index in [2.05, 4.69) is 32.4 Å². The van der Waals surface area contributed by atoms with Crippen molar-refractivity contribution in [2.24, 2.45) is 0 Å². The number of amides is 1. The third-order valence-electron chi connectivity index (χ3n) is 4.07. The van der Waals surface area contributed by atoms with E-state index in [-0.39, 0.29) is 5.91 Å². The first-order valence-electron chi connectivity index (χ1n) is 8.48. The number of rotatable bonds is 6. The lowest BCUT2D eigenvalue weighted by Gasteiger charge is -2.01. The number of hydrogen-bond acceptors (Lipinski definition) is 4. The van der Waals surface area contributed by atoms with Gasteiger partial charge >= 0.3 is 0 Å². The number of fused-ring (bicyclic) bond motifs is 1. The van der Waals surface area contributed by atoms with Crippen LogP contribution in [0.1, 0.15) is 26.9 Å². The van der Waals surface area contributed by atoms with E-state index in [0.29, 0.717) is 18.7 Å². The van der Waals surface area contributed by atoms with Crippen molar-refractivity contribution in [1.29, 1.82) is 0 Å². The van der Waals surface area contributed by atoms with Crippen molar-refractivity contribution < 1.29 is 4.79 Å². The fraction of sp³-hybridized carbons (Fsp3) is 0.150. The zero-order valence-electron chi connectivity index (χ0n) is 14.1. The molecule has 130 valence electrons. The number of carbonyl (C=O) groups excluding carboxylic acids is 1. The smallest absolute Gasteiger partial charge is 0.270 e. The molecule has 5 nitrogen and oxygen atoms in total. The van der Waals surface area contributed by atoms with Crippen molar-refractivity contribution in [3.8, 4) is 0 Å². The molecule has 4 rings (SSSR count). The van der Waals surface area contributed by atoms with Crippen molar-refractivity contribution in [3.63, 3.8) is 0 Å². The molecular formula is C20H18N4OS. The Hall–Kier alpha value is -2.99. The van der Waals surface area contributed by atoms with Gasteiger partial charge in [-0.3, -0.25) is 4.79 Å². The van der Waals surface area contributed by atoms with Crippen molar-refractivity contribution >= 4 is 28.3 Å². The number of carbonyl (C=O) groups is 1. The summed E-state index contributed by atoms with van der Waals surface area (Å²) in [6.07, 6.45) is 1.40. The number of thiazole rings is 1. The summed E-state index contributed by atoms with van der Waals surface area (Å²) in [7, 11) is 0. The van der Waals surface area contributed by atoms with Gasteiger partial charge in [-0.05, 0) is 17.7 Å². The highest BCUT2D eigenvalue weighted by Crippen LogP contribution is 2.15. The largest absolute Gasteiger partial charge is 0.350 e. The fourth-order valence-corrected chi connectivity index (χ4v) is 3.58. The van der Waals surface area contributed by atoms with Crippen LogP contribution in [0.2, 0.25) is 0 Å². The van der Waals surface area contributed by atoms with E-state index in [1.807, 2.05) is 47.8 Å². The van der Waals surface area contributed by atoms with E-state index in [9.17, 15) is 4.79 Å². The summed E-state index contributed by atoms with van der Waals surface area (Å²) in [5.41, 5.74) is 3.63. The normalized spacial score (nSPS) is 10.9. The number of hydrogen-bond donors (Lipinski definition) is 2. The Kier molecular flexibility index (Phi) is 4.75. The number of aromatic nitrogens is 3. The van der Waals surface area contributed by atoms with Gasteiger partial charge in [-0.1, -0.05) is 42.5 Å². The Bertz CT molecular complexity index is 989. The van der Waals surface area contributed by atoms with Gasteiger partial charge in [0.2, 0.25) is 0 Å². The van der Waals surface area contributed by atoms with Crippen LogP contribution in [-0.4, -0.2) is 27.4 Å². The van der Waals surface area contributed by atoms with Gasteiger partial charge in [0.25, 0.3) is 5.91 Å². The molecule has 2 aromatic heterocycles. The van der Waals surface area contributed by atoms with E-state index in [0.717, 1.165) is 28.3 Å². The lowest BCUT2D eigenvalue weighted by Crippen LogP contribution is -2.26. The lowest BCUT2D eigenvalue weighted by molar-refractivity contribution is 0.0949. The highest BCUT2D eigenvalue weighted by Gasteiger charge is 2.11. The first-order valence-corrected chi connectivity index (χ1v) is 9.36. The molecule has 26 heavy (non-hydrogen) atoms. The SMILES string of the molecule is O=C(NCCc1nc2ccccc2[nH]1)c1csc(Cc2ccccc2)n1. The fourth-order valence-electron chi connectivity index (χ4n) is 2.78. The molecule has 0 aliphatic carbocycles. The molecule has 0 spiro atoms. The maximum Gasteiger partial charge on any atom is 0.270 e. The average Bonchev–Trinajstić information content (AvgIpc) is 3.29. The van der Waals surface area contributed by atoms with Gasteiger partial charge in [0.05, 0.1) is 16.0 Å². The van der Waals surface area contributed by atoms with Gasteiger partial charge in [0, 0.05) is 24.8 Å². The zero-order chi connectivity index (χ0) is 17.8. The molecule has 6 heteroatoms. The van der Waals surface area contributed by atoms with E-state index in [4.69, 9.17) is 0 Å². The predicted octanol–water partition coefficient (Wildman–Crippen LogP) is 3.58. The van der Waals surface area contributed by atoms with Crippen molar-refractivity contribution in [1.82, 2.24) is 20.3 Å². The van der Waals surface area contributed by atoms with E-state index >= 15 is 0 Å². The molecule has 0 bridgehead atoms. The molecule has 0 atom stereocenters. The first-order chi connectivity index (χ1) is 12.8. The van der Waals surface area contributed by atoms with Gasteiger partial charge in [-0.15, -0.1) is 11.3 Å². The summed E-state index contributed by atoms with van der Waals surface area (Å²) >= 11 is 1.52. The minimum Gasteiger partial charge on any atom is -0.350 e. The average molecular weight is 362 g/mol. The van der Waals surface area contributed by atoms with Gasteiger partial charge in [-0.25, -0.2) is 9.97 Å². The molecule has 0 aliphatic heterocycles. The standard InChI is InChI=1S/C20H18N4OS/c25-20(17-13-26-19(24-17)12-14-6-2-1-3-7-14)21-11-10-18-22-15-8-4-5-9-16(15)23-18/h1-9,13H,10-12H2,(H,21,25)(H,22,23). The minimum atomic E-state index is -0.142. The van der Waals surface area contributed by atoms with Crippen LogP contribution in [0.15, 0.2) is 60.0 Å². The third kappa shape index (κ3) is 3.81. The van der Waals surface area contributed by atoms with Gasteiger partial charge in [0.1, 0.15) is 11.5 Å². The summed E-state index contributed by atoms with van der Waals surface area (Å²) < 4.78 is 0. The van der Waals surface area contributed by atoms with Crippen LogP contribution in [0.4, 0.5) is 0 Å². The Morgan fingerprint density at radius 1 is 1.04 bits per heavy atom. The summed E-state index contributed by atoms with van der Waals surface area (Å²) in [4.78, 5) is 24.5. The summed E-state index contributed by atoms with van der Waals surface area (Å²) in [6, 6.07) is 18.0. The van der Waals surface area contributed by atoms with E-state index in [1.54, 1.807) is 0 Å². The Labute approximate surface area is 155 Å². The van der Waals surface area contributed by atoms with Crippen molar-refractivity contribution in [2.75, 3.05) is 6.54 Å². The van der Waals surface area contributed by atoms with Crippen LogP contribution in [0, 0.1) is 0 Å². The molecule has 2 N–H and O–H groups in total. The van der Waals surface area contributed by atoms with Gasteiger partial charge < -0.3 is 10.3 Å². The number of aromatic amines is 1. The summed E-state index contributed by atoms with van der Waals surface area (Å²) in [5.74, 6) is 0.728. The highest BCUT2D eigenvalue weighted by molar-refractivity contribution is 7.09. The predicted molar refractivity (Wildman–Crippen MR) is 103 cm³/mol. The van der Waals surface area contributed by atoms with Crippen LogP contribution in [-0.2, 0) is 12.8 Å². The Morgan fingerprint density at radius 3 is 2.69 bits per heavy atom. The number of nitrogens with zero attached hydrogens (tertiary/aromatic N) is 2. The molecule has 2 heterocycles. The molecule has 0 saturated heterocycles. The first kappa shape index (κ1) is 16.5. The number of H-pyrrole nitrogens is 1. The molecule has 4 aromatic rings. The Balaban J connectivity index is 1.32. The topological polar surface area (TPSA) is 70.7 Å². The maximum atomic E-state index is 12.3. The molecule has 0 radical (unpaired) electrons. The molecule has 2 aromatic carbocycles. The molecule has 0 fully saturated rings. The van der Waals surface area contributed by atoms with Crippen molar-refractivity contribution in [3.05, 3.63) is 82.1 Å². The zero-order valence-corrected chi connectivity index (χ0v) is 14.9. The summed E-state index contributed by atoms with van der Waals surface area (Å²) in [6.45, 7) is 0.518. The Morgan fingerprint density at radius 2 is 1.85 bits per heavy atom. The number of nitrogens with one attached hydrogen (secondary N) is 2. The minimum absolute atomic E-state index is 0.142. The maximum absolute atomic E-state index is 12.3. The third-order valence-corrected chi connectivity index (χ3v) is 4.92. The second-order valence-electron chi connectivity index (χ2n) is 6.00. The highest BCUT2D eigenvalue weighted by atomic mass is 32.1. The summed E-state index contributed by atoms with van der Waals surface area (Å²) in [5, 5.41) is 5.67. The number of benzene rings is 2. The molecule has 1 amide bonds. The number of para-hydroxylation sites is 2. The van der Waals surface area contributed by atoms with Gasteiger partial charge in [0.15, 0.2) is 0 Å². The molecular weight excluding hydrogens is 344 g/mol. The van der Waals surface area contributed by atoms with Crippen LogP contribution >= 0.6 is 11.3 Å². The monoisotopic (exact) mass is 362 g/mol. The van der Waals surface area contributed by atoms with Crippen molar-refractivity contribution in [2.45, 2.75) is 12.8 Å². The van der Waals surface area contributed by atoms with Crippen LogP contribution in [0.3, 0.4) is 0 Å². The van der Waals surface area contributed by atoms with Crippen LogP contribution in [0.5, 0.6) is 0 Å². The van der Waals surface area contributed by atoms with E-state index in [1.165, 1.54) is 16.9 Å². The molecule has 0 unspecified atom stereocenters. The van der Waals surface area contributed by atoms with Crippen LogP contribution in [0.25, 0.3) is 11.0 Å². The van der Waals surface area contributed by atoms with Crippen LogP contribution < -0.4 is 5.32 Å². The number of imidazole rings is 1. The lowest BCUT2D eigenvalue weighted by atomic mass is 10.2. The molecule has 0 aliphatic rings. The second-order valence-corrected chi connectivity index (χ2v) is 6.94.